The van der Waals surface area contributed by atoms with E-state index < -0.39 is 5.60 Å². The fraction of sp³-hybridized carbons (Fsp3) is 0.553. The van der Waals surface area contributed by atoms with Crippen molar-refractivity contribution in [2.75, 3.05) is 33.3 Å². The van der Waals surface area contributed by atoms with E-state index in [1.165, 1.54) is 48.4 Å². The van der Waals surface area contributed by atoms with Gasteiger partial charge in [0.2, 0.25) is 0 Å². The Balaban J connectivity index is 1.37. The van der Waals surface area contributed by atoms with Crippen molar-refractivity contribution in [1.29, 1.82) is 0 Å². The molecule has 2 aromatic heterocycles. The molecule has 1 aliphatic carbocycles. The maximum absolute atomic E-state index is 13.2. The van der Waals surface area contributed by atoms with E-state index in [0.717, 1.165) is 80.8 Å². The Kier molecular flexibility index (Phi) is 7.23. The molecule has 0 radical (unpaired) electrons. The molecule has 232 valence electrons. The van der Waals surface area contributed by atoms with Crippen molar-refractivity contribution in [1.82, 2.24) is 19.4 Å². The summed E-state index contributed by atoms with van der Waals surface area (Å²) in [5.74, 6) is 1.24. The molecule has 4 aliphatic heterocycles. The second-order valence-electron chi connectivity index (χ2n) is 14.3. The second kappa shape index (κ2) is 11.1. The highest BCUT2D eigenvalue weighted by Crippen LogP contribution is 2.62. The highest BCUT2D eigenvalue weighted by molar-refractivity contribution is 6.12. The third-order valence-electron chi connectivity index (χ3n) is 11.8. The van der Waals surface area contributed by atoms with Gasteiger partial charge in [-0.1, -0.05) is 36.4 Å². The minimum absolute atomic E-state index is 0.0275. The lowest BCUT2D eigenvalue weighted by molar-refractivity contribution is -0.0894. The van der Waals surface area contributed by atoms with Crippen molar-refractivity contribution < 1.29 is 9.84 Å². The van der Waals surface area contributed by atoms with Gasteiger partial charge in [-0.15, -0.1) is 0 Å². The summed E-state index contributed by atoms with van der Waals surface area (Å²) in [5.41, 5.74) is 3.62. The van der Waals surface area contributed by atoms with E-state index in [1.54, 1.807) is 7.11 Å². The lowest BCUT2D eigenvalue weighted by Gasteiger charge is -2.58. The zero-order valence-corrected chi connectivity index (χ0v) is 26.5. The molecule has 1 N–H and O–H groups in total. The van der Waals surface area contributed by atoms with Gasteiger partial charge in [0.05, 0.1) is 35.5 Å². The standard InChI is InChI=1S/C38H48N4O2/c1-40-34-28(15-13-16-32(34)44-2)29-17-20-39-33(35(29)40)30-25-38(43)19-10-6-3-4-7-11-21-41-23-18-31(30)37(26-41)24-27-14-9-5-8-12-22-42(27)36(37)38/h3,6,9,13-17,20,25,27,31,36,43H,4-5,7-8,10-12,18-19,21-24,26H2,1-2H3. The number of hydrogen-bond donors (Lipinski definition) is 1. The number of nitrogens with zero attached hydrogens (tertiary/aromatic N) is 4. The van der Waals surface area contributed by atoms with Crippen LogP contribution in [-0.2, 0) is 7.05 Å². The smallest absolute Gasteiger partial charge is 0.143 e. The predicted octanol–water partition coefficient (Wildman–Crippen LogP) is 6.87. The SMILES string of the molecule is COc1cccc2c3ccnc(C4=CC5(O)CCC=CCCCCN6CCC4C4(CC7C=CCCCCN7C54)C6)c3n(C)c12. The Hall–Kier alpha value is -2.93. The van der Waals surface area contributed by atoms with E-state index in [4.69, 9.17) is 9.72 Å². The first-order chi connectivity index (χ1) is 21.5. The third kappa shape index (κ3) is 4.35. The number of aryl methyl sites for hydroxylation is 1. The number of allylic oxidation sites excluding steroid dienone is 4. The van der Waals surface area contributed by atoms with Crippen molar-refractivity contribution in [2.24, 2.45) is 18.4 Å². The molecule has 0 amide bonds. The van der Waals surface area contributed by atoms with Crippen molar-refractivity contribution in [3.8, 4) is 5.75 Å². The van der Waals surface area contributed by atoms with Crippen LogP contribution in [0.1, 0.15) is 69.9 Å². The number of piperidine rings is 1. The zero-order valence-electron chi connectivity index (χ0n) is 26.5. The largest absolute Gasteiger partial charge is 0.495 e. The molecule has 8 rings (SSSR count). The fourth-order valence-corrected chi connectivity index (χ4v) is 10.2. The van der Waals surface area contributed by atoms with Crippen LogP contribution in [0.25, 0.3) is 27.4 Å². The van der Waals surface area contributed by atoms with Gasteiger partial charge in [0.1, 0.15) is 5.75 Å². The first kappa shape index (κ1) is 28.5. The normalized spacial score (nSPS) is 34.4. The molecule has 6 atom stereocenters. The van der Waals surface area contributed by atoms with Gasteiger partial charge in [0.25, 0.3) is 0 Å². The van der Waals surface area contributed by atoms with Crippen LogP contribution in [0.4, 0.5) is 0 Å². The van der Waals surface area contributed by atoms with Gasteiger partial charge in [-0.25, -0.2) is 0 Å². The number of methoxy groups -OCH3 is 1. The Labute approximate surface area is 262 Å². The van der Waals surface area contributed by atoms with E-state index in [0.29, 0.717) is 12.0 Å². The summed E-state index contributed by atoms with van der Waals surface area (Å²) in [6.45, 7) is 4.41. The summed E-state index contributed by atoms with van der Waals surface area (Å²) in [6.07, 6.45) is 25.1. The van der Waals surface area contributed by atoms with Crippen LogP contribution >= 0.6 is 0 Å². The average Bonchev–Trinajstić information content (AvgIpc) is 3.49. The van der Waals surface area contributed by atoms with Gasteiger partial charge in [-0.2, -0.15) is 0 Å². The van der Waals surface area contributed by atoms with E-state index >= 15 is 0 Å². The summed E-state index contributed by atoms with van der Waals surface area (Å²) < 4.78 is 8.14. The van der Waals surface area contributed by atoms with Gasteiger partial charge >= 0.3 is 0 Å². The number of aromatic nitrogens is 2. The number of pyridine rings is 1. The quantitative estimate of drug-likeness (QED) is 0.329. The van der Waals surface area contributed by atoms with Gasteiger partial charge in [0, 0.05) is 42.0 Å². The number of benzene rings is 1. The number of rotatable bonds is 2. The Morgan fingerprint density at radius 1 is 0.932 bits per heavy atom. The minimum Gasteiger partial charge on any atom is -0.495 e. The molecule has 6 heterocycles. The summed E-state index contributed by atoms with van der Waals surface area (Å²) in [4.78, 5) is 10.7. The molecular formula is C38H48N4O2. The first-order valence-electron chi connectivity index (χ1n) is 17.2. The molecule has 0 saturated carbocycles. The molecule has 6 unspecified atom stereocenters. The van der Waals surface area contributed by atoms with Crippen molar-refractivity contribution in [3.63, 3.8) is 0 Å². The maximum atomic E-state index is 13.2. The number of hydrogen-bond acceptors (Lipinski definition) is 5. The number of ether oxygens (including phenoxy) is 1. The van der Waals surface area contributed by atoms with Crippen molar-refractivity contribution in [2.45, 2.75) is 81.9 Å². The topological polar surface area (TPSA) is 53.8 Å². The van der Waals surface area contributed by atoms with E-state index in [-0.39, 0.29) is 11.5 Å². The van der Waals surface area contributed by atoms with Crippen LogP contribution in [-0.4, -0.2) is 75.4 Å². The average molecular weight is 593 g/mol. The van der Waals surface area contributed by atoms with Crippen molar-refractivity contribution >= 4 is 27.4 Å². The predicted molar refractivity (Wildman–Crippen MR) is 179 cm³/mol. The van der Waals surface area contributed by atoms with Crippen LogP contribution in [0.2, 0.25) is 0 Å². The first-order valence-corrected chi connectivity index (χ1v) is 17.2. The molecule has 2 saturated heterocycles. The van der Waals surface area contributed by atoms with Crippen LogP contribution in [0.3, 0.4) is 0 Å². The number of fused-ring (bicyclic) bond motifs is 5. The Morgan fingerprint density at radius 3 is 2.64 bits per heavy atom. The molecule has 44 heavy (non-hydrogen) atoms. The highest BCUT2D eigenvalue weighted by atomic mass is 16.5. The van der Waals surface area contributed by atoms with E-state index in [9.17, 15) is 5.11 Å². The van der Waals surface area contributed by atoms with Crippen LogP contribution in [0.5, 0.6) is 5.75 Å². The molecule has 1 aromatic carbocycles. The zero-order chi connectivity index (χ0) is 29.9. The molecule has 3 aromatic rings. The molecule has 5 aliphatic rings. The summed E-state index contributed by atoms with van der Waals surface area (Å²) in [6, 6.07) is 8.99. The lowest BCUT2D eigenvalue weighted by Crippen LogP contribution is -2.65. The van der Waals surface area contributed by atoms with Crippen LogP contribution < -0.4 is 4.74 Å². The van der Waals surface area contributed by atoms with Crippen LogP contribution in [0, 0.1) is 11.3 Å². The molecule has 1 spiro atoms. The number of aliphatic hydroxyl groups is 1. The van der Waals surface area contributed by atoms with Crippen molar-refractivity contribution in [3.05, 3.63) is 66.5 Å². The molecule has 3 bridgehead atoms. The summed E-state index contributed by atoms with van der Waals surface area (Å²) in [7, 11) is 3.91. The highest BCUT2D eigenvalue weighted by Gasteiger charge is 2.65. The van der Waals surface area contributed by atoms with Gasteiger partial charge in [0.15, 0.2) is 0 Å². The third-order valence-corrected chi connectivity index (χ3v) is 11.8. The molecule has 2 fully saturated rings. The van der Waals surface area contributed by atoms with Crippen LogP contribution in [0.15, 0.2) is 60.8 Å². The van der Waals surface area contributed by atoms with Gasteiger partial charge in [-0.3, -0.25) is 9.88 Å². The summed E-state index contributed by atoms with van der Waals surface area (Å²) in [5, 5.41) is 15.6. The van der Waals surface area contributed by atoms with Gasteiger partial charge in [-0.05, 0) is 114 Å². The molecule has 6 heteroatoms. The Bertz CT molecular complexity index is 1650. The fourth-order valence-electron chi connectivity index (χ4n) is 10.2. The summed E-state index contributed by atoms with van der Waals surface area (Å²) >= 11 is 0. The number of para-hydroxylation sites is 1. The van der Waals surface area contributed by atoms with E-state index in [1.807, 2.05) is 6.20 Å². The van der Waals surface area contributed by atoms with E-state index in [2.05, 4.69) is 76.1 Å². The monoisotopic (exact) mass is 592 g/mol. The second-order valence-corrected chi connectivity index (χ2v) is 14.3. The molecule has 6 nitrogen and oxygen atoms in total. The maximum Gasteiger partial charge on any atom is 0.143 e. The molecular weight excluding hydrogens is 544 g/mol. The lowest BCUT2D eigenvalue weighted by atomic mass is 9.54. The Morgan fingerprint density at radius 2 is 1.75 bits per heavy atom. The minimum atomic E-state index is -0.929. The van der Waals surface area contributed by atoms with Gasteiger partial charge < -0.3 is 19.3 Å².